The zero-order valence-electron chi connectivity index (χ0n) is 12.8. The summed E-state index contributed by atoms with van der Waals surface area (Å²) in [5.74, 6) is -0.691. The van der Waals surface area contributed by atoms with Crippen LogP contribution in [-0.4, -0.2) is 19.5 Å². The molecule has 0 amide bonds. The van der Waals surface area contributed by atoms with Gasteiger partial charge >= 0.3 is 5.97 Å². The molecule has 1 aliphatic heterocycles. The van der Waals surface area contributed by atoms with Gasteiger partial charge in [-0.05, 0) is 42.5 Å². The Bertz CT molecular complexity index is 868. The summed E-state index contributed by atoms with van der Waals surface area (Å²) in [4.78, 5) is 11.4. The van der Waals surface area contributed by atoms with Gasteiger partial charge in [-0.2, -0.15) is 0 Å². The number of hydrogen-bond donors (Lipinski definition) is 1. The lowest BCUT2D eigenvalue weighted by atomic mass is 9.96. The third-order valence-electron chi connectivity index (χ3n) is 4.25. The number of aliphatic carboxylic acids is 1. The Morgan fingerprint density at radius 3 is 2.52 bits per heavy atom. The summed E-state index contributed by atoms with van der Waals surface area (Å²) in [6.45, 7) is 1.92. The van der Waals surface area contributed by atoms with Crippen molar-refractivity contribution < 1.29 is 18.3 Å². The maximum absolute atomic E-state index is 12.5. The summed E-state index contributed by atoms with van der Waals surface area (Å²) in [6.07, 6.45) is 1.66. The van der Waals surface area contributed by atoms with E-state index in [9.17, 15) is 13.2 Å². The maximum atomic E-state index is 12.5. The van der Waals surface area contributed by atoms with Gasteiger partial charge in [-0.25, -0.2) is 8.42 Å². The van der Waals surface area contributed by atoms with E-state index >= 15 is 0 Å². The first-order valence-corrected chi connectivity index (χ1v) is 9.07. The summed E-state index contributed by atoms with van der Waals surface area (Å²) < 4.78 is 25.0. The van der Waals surface area contributed by atoms with Crippen LogP contribution in [0, 0.1) is 5.92 Å². The molecule has 23 heavy (non-hydrogen) atoms. The topological polar surface area (TPSA) is 71.4 Å². The summed E-state index contributed by atoms with van der Waals surface area (Å²) >= 11 is 0. The monoisotopic (exact) mass is 330 g/mol. The molecule has 3 rings (SSSR count). The maximum Gasteiger partial charge on any atom is 0.303 e. The Kier molecular flexibility index (Phi) is 3.98. The van der Waals surface area contributed by atoms with Crippen molar-refractivity contribution in [3.63, 3.8) is 0 Å². The second-order valence-corrected chi connectivity index (χ2v) is 7.96. The van der Waals surface area contributed by atoms with Crippen LogP contribution < -0.4 is 0 Å². The predicted molar refractivity (Wildman–Crippen MR) is 87.1 cm³/mol. The molecule has 0 aliphatic carbocycles. The molecule has 0 bridgehead atoms. The zero-order chi connectivity index (χ0) is 16.6. The smallest absolute Gasteiger partial charge is 0.303 e. The number of rotatable bonds is 5. The number of hydrogen-bond acceptors (Lipinski definition) is 3. The third-order valence-corrected chi connectivity index (χ3v) is 6.12. The van der Waals surface area contributed by atoms with Crippen molar-refractivity contribution in [1.82, 2.24) is 0 Å². The number of sulfone groups is 1. The molecule has 0 saturated heterocycles. The second kappa shape index (κ2) is 5.81. The Morgan fingerprint density at radius 2 is 1.78 bits per heavy atom. The van der Waals surface area contributed by atoms with Crippen molar-refractivity contribution in [2.75, 3.05) is 0 Å². The van der Waals surface area contributed by atoms with Crippen molar-refractivity contribution >= 4 is 15.8 Å². The molecular formula is C18H18O4S. The molecule has 120 valence electrons. The van der Waals surface area contributed by atoms with Gasteiger partial charge in [0, 0.05) is 17.5 Å². The molecule has 2 aromatic carbocycles. The third kappa shape index (κ3) is 2.88. The standard InChI is InChI=1S/C18H18O4S/c1-12(10-18(19)20)6-7-13-8-9-17-15(11-13)14-4-2-3-5-16(14)23(17,21)22/h2-5,8-9,11-12H,6-7,10H2,1H3,(H,19,20)/t12-/m0/s1. The number of aryl methyl sites for hydroxylation is 1. The van der Waals surface area contributed by atoms with Crippen molar-refractivity contribution in [3.8, 4) is 11.1 Å². The minimum Gasteiger partial charge on any atom is -0.481 e. The molecule has 2 aromatic rings. The van der Waals surface area contributed by atoms with Gasteiger partial charge in [-0.1, -0.05) is 31.2 Å². The first kappa shape index (κ1) is 15.7. The van der Waals surface area contributed by atoms with Gasteiger partial charge in [0.2, 0.25) is 9.84 Å². The van der Waals surface area contributed by atoms with Crippen LogP contribution in [0.4, 0.5) is 0 Å². The van der Waals surface area contributed by atoms with E-state index in [0.29, 0.717) is 9.79 Å². The largest absolute Gasteiger partial charge is 0.481 e. The van der Waals surface area contributed by atoms with E-state index in [2.05, 4.69) is 0 Å². The van der Waals surface area contributed by atoms with E-state index in [1.165, 1.54) is 0 Å². The van der Waals surface area contributed by atoms with E-state index in [4.69, 9.17) is 5.11 Å². The van der Waals surface area contributed by atoms with E-state index in [0.717, 1.165) is 29.5 Å². The van der Waals surface area contributed by atoms with Crippen LogP contribution in [0.5, 0.6) is 0 Å². The van der Waals surface area contributed by atoms with Crippen LogP contribution in [-0.2, 0) is 21.1 Å². The molecule has 1 heterocycles. The Morgan fingerprint density at radius 1 is 1.09 bits per heavy atom. The minimum absolute atomic E-state index is 0.0942. The molecule has 5 heteroatoms. The highest BCUT2D eigenvalue weighted by atomic mass is 32.2. The quantitative estimate of drug-likeness (QED) is 0.776. The van der Waals surface area contributed by atoms with E-state index in [1.807, 2.05) is 31.2 Å². The summed E-state index contributed by atoms with van der Waals surface area (Å²) in [6, 6.07) is 12.5. The predicted octanol–water partition coefficient (Wildman–Crippen LogP) is 3.54. The van der Waals surface area contributed by atoms with E-state index in [-0.39, 0.29) is 12.3 Å². The second-order valence-electron chi connectivity index (χ2n) is 6.07. The molecule has 0 radical (unpaired) electrons. The number of fused-ring (bicyclic) bond motifs is 3. The SMILES string of the molecule is C[C@@H](CCc1ccc2c(c1)-c1ccccc1S2(=O)=O)CC(=O)O. The highest BCUT2D eigenvalue weighted by Gasteiger charge is 2.32. The van der Waals surface area contributed by atoms with Gasteiger partial charge in [0.1, 0.15) is 0 Å². The lowest BCUT2D eigenvalue weighted by Gasteiger charge is -2.09. The van der Waals surface area contributed by atoms with Crippen molar-refractivity contribution in [3.05, 3.63) is 48.0 Å². The van der Waals surface area contributed by atoms with Gasteiger partial charge in [0.15, 0.2) is 0 Å². The summed E-state index contributed by atoms with van der Waals surface area (Å²) in [7, 11) is -3.41. The van der Waals surface area contributed by atoms with Crippen molar-refractivity contribution in [2.45, 2.75) is 36.0 Å². The van der Waals surface area contributed by atoms with Gasteiger partial charge in [-0.3, -0.25) is 4.79 Å². The van der Waals surface area contributed by atoms with E-state index < -0.39 is 15.8 Å². The van der Waals surface area contributed by atoms with Gasteiger partial charge in [-0.15, -0.1) is 0 Å². The normalized spacial score (nSPS) is 15.7. The summed E-state index contributed by atoms with van der Waals surface area (Å²) in [5.41, 5.74) is 2.54. The van der Waals surface area contributed by atoms with Gasteiger partial charge in [0.25, 0.3) is 0 Å². The van der Waals surface area contributed by atoms with Crippen LogP contribution in [0.2, 0.25) is 0 Å². The molecule has 4 nitrogen and oxygen atoms in total. The molecule has 0 spiro atoms. The average molecular weight is 330 g/mol. The lowest BCUT2D eigenvalue weighted by molar-refractivity contribution is -0.138. The van der Waals surface area contributed by atoms with Crippen molar-refractivity contribution in [1.29, 1.82) is 0 Å². The zero-order valence-corrected chi connectivity index (χ0v) is 13.6. The molecule has 1 aliphatic rings. The molecular weight excluding hydrogens is 312 g/mol. The van der Waals surface area contributed by atoms with Crippen molar-refractivity contribution in [2.24, 2.45) is 5.92 Å². The molecule has 1 atom stereocenters. The van der Waals surface area contributed by atoms with Crippen LogP contribution in [0.25, 0.3) is 11.1 Å². The highest BCUT2D eigenvalue weighted by molar-refractivity contribution is 7.92. The van der Waals surface area contributed by atoms with Crippen LogP contribution in [0.15, 0.2) is 52.3 Å². The van der Waals surface area contributed by atoms with Crippen LogP contribution in [0.3, 0.4) is 0 Å². The number of benzene rings is 2. The van der Waals surface area contributed by atoms with Gasteiger partial charge in [0.05, 0.1) is 9.79 Å². The van der Waals surface area contributed by atoms with Gasteiger partial charge < -0.3 is 5.11 Å². The van der Waals surface area contributed by atoms with Crippen LogP contribution >= 0.6 is 0 Å². The fourth-order valence-electron chi connectivity index (χ4n) is 3.03. The fourth-order valence-corrected chi connectivity index (χ4v) is 4.70. The fraction of sp³-hybridized carbons (Fsp3) is 0.278. The first-order chi connectivity index (χ1) is 10.9. The minimum atomic E-state index is -3.41. The number of carboxylic acid groups (broad SMARTS) is 1. The van der Waals surface area contributed by atoms with E-state index in [1.54, 1.807) is 18.2 Å². The first-order valence-electron chi connectivity index (χ1n) is 7.59. The lowest BCUT2D eigenvalue weighted by Crippen LogP contribution is -2.05. The molecule has 0 saturated carbocycles. The molecule has 1 N–H and O–H groups in total. The number of carbonyl (C=O) groups is 1. The Labute approximate surface area is 135 Å². The Balaban J connectivity index is 1.89. The molecule has 0 fully saturated rings. The highest BCUT2D eigenvalue weighted by Crippen LogP contribution is 2.43. The molecule has 0 aromatic heterocycles. The number of carboxylic acids is 1. The molecule has 0 unspecified atom stereocenters. The average Bonchev–Trinajstić information content (AvgIpc) is 2.73. The summed E-state index contributed by atoms with van der Waals surface area (Å²) in [5, 5.41) is 8.81. The Hall–Kier alpha value is -2.14. The van der Waals surface area contributed by atoms with Crippen LogP contribution in [0.1, 0.15) is 25.3 Å².